The number of ether oxygens (including phenoxy) is 1. The van der Waals surface area contributed by atoms with Crippen molar-refractivity contribution in [3.63, 3.8) is 0 Å². The largest absolute Gasteiger partial charge is 0.501 e. The van der Waals surface area contributed by atoms with Gasteiger partial charge in [0, 0.05) is 33.1 Å². The van der Waals surface area contributed by atoms with Gasteiger partial charge in [0.1, 0.15) is 17.7 Å². The highest BCUT2D eigenvalue weighted by Gasteiger charge is 2.33. The second-order valence-electron chi connectivity index (χ2n) is 7.53. The Hall–Kier alpha value is -3.27. The van der Waals surface area contributed by atoms with Crippen molar-refractivity contribution in [3.8, 4) is 5.75 Å². The number of aromatic hydroxyl groups is 1. The molecule has 1 N–H and O–H groups in total. The summed E-state index contributed by atoms with van der Waals surface area (Å²) in [6, 6.07) is 5.08. The fourth-order valence-corrected chi connectivity index (χ4v) is 3.56. The molecular formula is C21H25FN4O5. The highest BCUT2D eigenvalue weighted by atomic mass is 19.1. The standard InChI is InChI=1S/C21H25FN4O5/c1-24-10-11-26-19(15(12-24)25(2)21(30)31-3)23-17(18(28)20(26)29)16(27)9-6-13-4-7-14(22)8-5-13/h4-5,7-8,15,28H,6,9-12H2,1-3H3. The van der Waals surface area contributed by atoms with E-state index in [1.165, 1.54) is 35.8 Å². The molecule has 0 fully saturated rings. The molecule has 166 valence electrons. The van der Waals surface area contributed by atoms with Gasteiger partial charge in [-0.15, -0.1) is 0 Å². The Kier molecular flexibility index (Phi) is 6.69. The number of methoxy groups -OCH3 is 1. The monoisotopic (exact) mass is 432 g/mol. The molecule has 0 bridgehead atoms. The second kappa shape index (κ2) is 9.25. The van der Waals surface area contributed by atoms with Gasteiger partial charge in [-0.25, -0.2) is 14.2 Å². The number of Topliss-reactive ketones (excluding diaryl/α,β-unsaturated/α-hetero) is 1. The molecule has 1 atom stereocenters. The molecule has 0 spiro atoms. The van der Waals surface area contributed by atoms with Crippen molar-refractivity contribution < 1.29 is 23.8 Å². The molecule has 0 aliphatic carbocycles. The van der Waals surface area contributed by atoms with Crippen molar-refractivity contribution in [1.29, 1.82) is 0 Å². The van der Waals surface area contributed by atoms with Gasteiger partial charge in [0.25, 0.3) is 5.56 Å². The Morgan fingerprint density at radius 1 is 1.29 bits per heavy atom. The van der Waals surface area contributed by atoms with E-state index in [4.69, 9.17) is 4.74 Å². The number of fused-ring (bicyclic) bond motifs is 1. The number of carbonyl (C=O) groups is 2. The molecule has 10 heteroatoms. The first-order valence-electron chi connectivity index (χ1n) is 9.83. The maximum absolute atomic E-state index is 13.1. The Balaban J connectivity index is 1.96. The molecule has 1 aromatic carbocycles. The highest BCUT2D eigenvalue weighted by molar-refractivity contribution is 5.96. The molecule has 0 radical (unpaired) electrons. The van der Waals surface area contributed by atoms with E-state index in [-0.39, 0.29) is 30.3 Å². The summed E-state index contributed by atoms with van der Waals surface area (Å²) in [7, 11) is 4.61. The summed E-state index contributed by atoms with van der Waals surface area (Å²) in [5, 5.41) is 10.4. The van der Waals surface area contributed by atoms with Crippen LogP contribution >= 0.6 is 0 Å². The second-order valence-corrected chi connectivity index (χ2v) is 7.53. The minimum atomic E-state index is -0.728. The van der Waals surface area contributed by atoms with Crippen LogP contribution in [0.3, 0.4) is 0 Å². The lowest BCUT2D eigenvalue weighted by atomic mass is 10.1. The van der Waals surface area contributed by atoms with E-state index in [0.717, 1.165) is 5.56 Å². The molecule has 1 aliphatic heterocycles. The molecular weight excluding hydrogens is 407 g/mol. The molecule has 31 heavy (non-hydrogen) atoms. The van der Waals surface area contributed by atoms with Crippen molar-refractivity contribution in [2.45, 2.75) is 25.4 Å². The van der Waals surface area contributed by atoms with E-state index in [1.54, 1.807) is 12.1 Å². The highest BCUT2D eigenvalue weighted by Crippen LogP contribution is 2.24. The molecule has 2 heterocycles. The molecule has 1 unspecified atom stereocenters. The average Bonchev–Trinajstić information content (AvgIpc) is 2.93. The van der Waals surface area contributed by atoms with Crippen LogP contribution in [-0.2, 0) is 17.7 Å². The Bertz CT molecular complexity index is 1040. The van der Waals surface area contributed by atoms with E-state index in [2.05, 4.69) is 4.98 Å². The average molecular weight is 432 g/mol. The summed E-state index contributed by atoms with van der Waals surface area (Å²) in [6.45, 7) is 1.12. The van der Waals surface area contributed by atoms with Gasteiger partial charge < -0.3 is 14.7 Å². The van der Waals surface area contributed by atoms with Crippen LogP contribution in [0, 0.1) is 5.82 Å². The van der Waals surface area contributed by atoms with Crippen molar-refractivity contribution in [2.24, 2.45) is 0 Å². The number of halogens is 1. The third kappa shape index (κ3) is 4.74. The third-order valence-electron chi connectivity index (χ3n) is 5.41. The van der Waals surface area contributed by atoms with Crippen molar-refractivity contribution in [1.82, 2.24) is 19.4 Å². The lowest BCUT2D eigenvalue weighted by Gasteiger charge is -2.28. The lowest BCUT2D eigenvalue weighted by molar-refractivity contribution is 0.0972. The number of rotatable bonds is 5. The molecule has 3 rings (SSSR count). The van der Waals surface area contributed by atoms with E-state index >= 15 is 0 Å². The SMILES string of the molecule is COC(=O)N(C)C1CN(C)CCn2c1nc(C(=O)CCc1ccc(F)cc1)c(O)c2=O. The molecule has 2 aromatic rings. The topological polar surface area (TPSA) is 105 Å². The minimum absolute atomic E-state index is 0.0213. The number of carbonyl (C=O) groups excluding carboxylic acids is 2. The van der Waals surface area contributed by atoms with Crippen LogP contribution < -0.4 is 5.56 Å². The summed E-state index contributed by atoms with van der Waals surface area (Å²) in [5.74, 6) is -1.39. The van der Waals surface area contributed by atoms with Crippen LogP contribution in [0.2, 0.25) is 0 Å². The van der Waals surface area contributed by atoms with E-state index < -0.39 is 29.2 Å². The van der Waals surface area contributed by atoms with Gasteiger partial charge in [0.05, 0.1) is 7.11 Å². The fourth-order valence-electron chi connectivity index (χ4n) is 3.56. The number of amides is 1. The zero-order chi connectivity index (χ0) is 22.7. The number of hydrogen-bond donors (Lipinski definition) is 1. The Labute approximate surface area is 178 Å². The molecule has 1 aliphatic rings. The van der Waals surface area contributed by atoms with Gasteiger partial charge in [-0.1, -0.05) is 12.1 Å². The number of likely N-dealkylation sites (N-methyl/N-ethyl adjacent to an activating group) is 2. The predicted molar refractivity (Wildman–Crippen MR) is 110 cm³/mol. The van der Waals surface area contributed by atoms with E-state index in [1.807, 2.05) is 11.9 Å². The van der Waals surface area contributed by atoms with Crippen LogP contribution in [0.25, 0.3) is 0 Å². The van der Waals surface area contributed by atoms with Crippen LogP contribution in [0.4, 0.5) is 9.18 Å². The van der Waals surface area contributed by atoms with Crippen LogP contribution in [0.15, 0.2) is 29.1 Å². The smallest absolute Gasteiger partial charge is 0.409 e. The summed E-state index contributed by atoms with van der Waals surface area (Å²) in [4.78, 5) is 45.3. The number of nitrogens with zero attached hydrogens (tertiary/aromatic N) is 4. The van der Waals surface area contributed by atoms with Gasteiger partial charge >= 0.3 is 6.09 Å². The fraction of sp³-hybridized carbons (Fsp3) is 0.429. The number of hydrogen-bond acceptors (Lipinski definition) is 7. The number of ketones is 1. The normalized spacial score (nSPS) is 16.3. The van der Waals surface area contributed by atoms with Gasteiger partial charge in [0.15, 0.2) is 11.5 Å². The predicted octanol–water partition coefficient (Wildman–Crippen LogP) is 1.59. The van der Waals surface area contributed by atoms with Crippen LogP contribution in [0.1, 0.15) is 34.3 Å². The summed E-state index contributed by atoms with van der Waals surface area (Å²) in [6.07, 6.45) is -0.335. The van der Waals surface area contributed by atoms with Crippen LogP contribution in [0.5, 0.6) is 5.75 Å². The van der Waals surface area contributed by atoms with Gasteiger partial charge in [0.2, 0.25) is 5.75 Å². The third-order valence-corrected chi connectivity index (χ3v) is 5.41. The van der Waals surface area contributed by atoms with E-state index in [9.17, 15) is 23.9 Å². The molecule has 1 aromatic heterocycles. The lowest BCUT2D eigenvalue weighted by Crippen LogP contribution is -2.39. The van der Waals surface area contributed by atoms with Crippen molar-refractivity contribution in [2.75, 3.05) is 34.3 Å². The van der Waals surface area contributed by atoms with Crippen molar-refractivity contribution >= 4 is 11.9 Å². The van der Waals surface area contributed by atoms with Gasteiger partial charge in [-0.3, -0.25) is 19.1 Å². The summed E-state index contributed by atoms with van der Waals surface area (Å²) < 4.78 is 19.2. The first kappa shape index (κ1) is 22.4. The zero-order valence-corrected chi connectivity index (χ0v) is 17.7. The van der Waals surface area contributed by atoms with Crippen molar-refractivity contribution in [3.05, 3.63) is 57.5 Å². The number of aryl methyl sites for hydroxylation is 1. The number of benzene rings is 1. The van der Waals surface area contributed by atoms with Gasteiger partial charge in [-0.2, -0.15) is 0 Å². The van der Waals surface area contributed by atoms with Crippen LogP contribution in [-0.4, -0.2) is 70.6 Å². The Morgan fingerprint density at radius 3 is 2.61 bits per heavy atom. The Morgan fingerprint density at radius 2 is 1.97 bits per heavy atom. The number of aromatic nitrogens is 2. The first-order valence-corrected chi connectivity index (χ1v) is 9.83. The zero-order valence-electron chi connectivity index (χ0n) is 17.7. The van der Waals surface area contributed by atoms with Gasteiger partial charge in [-0.05, 0) is 31.2 Å². The van der Waals surface area contributed by atoms with E-state index in [0.29, 0.717) is 19.5 Å². The molecule has 1 amide bonds. The first-order chi connectivity index (χ1) is 14.7. The maximum Gasteiger partial charge on any atom is 0.409 e. The quantitative estimate of drug-likeness (QED) is 0.716. The summed E-state index contributed by atoms with van der Waals surface area (Å²) >= 11 is 0. The summed E-state index contributed by atoms with van der Waals surface area (Å²) in [5.41, 5.74) is -0.314. The minimum Gasteiger partial charge on any atom is -0.501 e. The molecule has 9 nitrogen and oxygen atoms in total. The molecule has 0 saturated carbocycles. The maximum atomic E-state index is 13.1. The molecule has 0 saturated heterocycles.